The van der Waals surface area contributed by atoms with Crippen LogP contribution in [0.3, 0.4) is 0 Å². The smallest absolute Gasteiger partial charge is 0.273 e. The summed E-state index contributed by atoms with van der Waals surface area (Å²) in [6, 6.07) is 1.88. The van der Waals surface area contributed by atoms with Crippen molar-refractivity contribution in [3.8, 4) is 0 Å². The summed E-state index contributed by atoms with van der Waals surface area (Å²) < 4.78 is 39.8. The third-order valence-corrected chi connectivity index (χ3v) is 6.92. The van der Waals surface area contributed by atoms with E-state index >= 15 is 0 Å². The van der Waals surface area contributed by atoms with Gasteiger partial charge in [0.1, 0.15) is 0 Å². The lowest BCUT2D eigenvalue weighted by molar-refractivity contribution is -0.385. The number of nitro groups is 1. The van der Waals surface area contributed by atoms with Crippen molar-refractivity contribution in [3.63, 3.8) is 0 Å². The van der Waals surface area contributed by atoms with E-state index in [1.54, 1.807) is 13.8 Å². The molecule has 4 atom stereocenters. The van der Waals surface area contributed by atoms with Crippen molar-refractivity contribution in [2.24, 2.45) is 22.7 Å². The van der Waals surface area contributed by atoms with Gasteiger partial charge in [-0.25, -0.2) is 4.90 Å². The summed E-state index contributed by atoms with van der Waals surface area (Å²) in [5.41, 5.74) is -4.69. The molecule has 3 aliphatic carbocycles. The minimum atomic E-state index is -4.85. The number of nitrogens with zero attached hydrogens (tertiary/aromatic N) is 2. The average molecular weight is 394 g/mol. The molecule has 9 heteroatoms. The molecule has 2 bridgehead atoms. The maximum Gasteiger partial charge on any atom is 0.416 e. The zero-order chi connectivity index (χ0) is 20.6. The van der Waals surface area contributed by atoms with E-state index in [9.17, 15) is 32.9 Å². The van der Waals surface area contributed by atoms with Crippen LogP contribution in [0.15, 0.2) is 30.4 Å². The maximum absolute atomic E-state index is 13.3. The zero-order valence-electron chi connectivity index (χ0n) is 15.1. The van der Waals surface area contributed by atoms with Crippen LogP contribution in [0.1, 0.15) is 32.3 Å². The number of benzene rings is 1. The summed E-state index contributed by atoms with van der Waals surface area (Å²) in [7, 11) is 0. The second-order valence-electron chi connectivity index (χ2n) is 8.02. The van der Waals surface area contributed by atoms with E-state index < -0.39 is 50.7 Å². The fourth-order valence-electron chi connectivity index (χ4n) is 5.10. The first-order valence-corrected chi connectivity index (χ1v) is 8.86. The zero-order valence-corrected chi connectivity index (χ0v) is 15.1. The fraction of sp³-hybridized carbons (Fsp3) is 0.474. The van der Waals surface area contributed by atoms with Gasteiger partial charge in [0, 0.05) is 12.1 Å². The fourth-order valence-corrected chi connectivity index (χ4v) is 5.10. The lowest BCUT2D eigenvalue weighted by atomic mass is 9.47. The van der Waals surface area contributed by atoms with Crippen LogP contribution >= 0.6 is 0 Å². The Morgan fingerprint density at radius 3 is 1.93 bits per heavy atom. The summed E-state index contributed by atoms with van der Waals surface area (Å²) in [5, 5.41) is 11.1. The number of nitro benzene ring substituents is 1. The number of non-ortho nitro benzene ring substituents is 1. The van der Waals surface area contributed by atoms with E-state index in [-0.39, 0.29) is 11.8 Å². The van der Waals surface area contributed by atoms with E-state index in [0.29, 0.717) is 25.0 Å². The van der Waals surface area contributed by atoms with Crippen LogP contribution in [0.2, 0.25) is 0 Å². The highest BCUT2D eigenvalue weighted by Gasteiger charge is 2.72. The van der Waals surface area contributed by atoms with Gasteiger partial charge in [-0.1, -0.05) is 12.2 Å². The number of alkyl halides is 3. The van der Waals surface area contributed by atoms with E-state index in [1.165, 1.54) is 0 Å². The lowest BCUT2D eigenvalue weighted by Crippen LogP contribution is -2.54. The first-order valence-electron chi connectivity index (χ1n) is 8.86. The van der Waals surface area contributed by atoms with Crippen LogP contribution in [-0.4, -0.2) is 16.7 Å². The van der Waals surface area contributed by atoms with Crippen LogP contribution in [0, 0.1) is 32.8 Å². The molecule has 1 saturated heterocycles. The molecule has 5 rings (SSSR count). The summed E-state index contributed by atoms with van der Waals surface area (Å²) in [6.07, 6.45) is 0.373. The topological polar surface area (TPSA) is 80.5 Å². The molecule has 1 aromatic rings. The van der Waals surface area contributed by atoms with E-state index in [0.717, 1.165) is 11.0 Å². The second-order valence-corrected chi connectivity index (χ2v) is 8.02. The number of allylic oxidation sites excluding steroid dienone is 2. The number of fused-ring (bicyclic) bond motifs is 1. The summed E-state index contributed by atoms with van der Waals surface area (Å²) in [6.45, 7) is 3.35. The minimum Gasteiger partial charge on any atom is -0.273 e. The number of anilines is 1. The van der Waals surface area contributed by atoms with Gasteiger partial charge < -0.3 is 0 Å². The summed E-state index contributed by atoms with van der Waals surface area (Å²) in [4.78, 5) is 37.6. The van der Waals surface area contributed by atoms with Gasteiger partial charge in [0.25, 0.3) is 5.69 Å². The number of amides is 2. The van der Waals surface area contributed by atoms with E-state index in [1.807, 2.05) is 12.2 Å². The molecular formula is C19H17F3N2O4. The maximum atomic E-state index is 13.3. The van der Waals surface area contributed by atoms with E-state index in [2.05, 4.69) is 0 Å². The van der Waals surface area contributed by atoms with Gasteiger partial charge in [-0.2, -0.15) is 13.2 Å². The largest absolute Gasteiger partial charge is 0.416 e. The van der Waals surface area contributed by atoms with Crippen LogP contribution in [0.4, 0.5) is 24.5 Å². The quantitative estimate of drug-likeness (QED) is 0.327. The molecule has 2 fully saturated rings. The predicted octanol–water partition coefficient (Wildman–Crippen LogP) is 4.10. The minimum absolute atomic E-state index is 0.204. The van der Waals surface area contributed by atoms with E-state index in [4.69, 9.17) is 0 Å². The Morgan fingerprint density at radius 1 is 1.04 bits per heavy atom. The number of carbonyl (C=O) groups excluding carboxylic acids is 2. The SMILES string of the molecule is CC12C(=O)N(c3cc([N+](=O)[O-])cc(C(F)(F)F)c3)C(=O)C1(C)C1C=CC2CC1. The van der Waals surface area contributed by atoms with Crippen LogP contribution in [-0.2, 0) is 15.8 Å². The third-order valence-electron chi connectivity index (χ3n) is 6.92. The number of rotatable bonds is 2. The van der Waals surface area contributed by atoms with Crippen LogP contribution in [0.25, 0.3) is 0 Å². The molecule has 1 aliphatic heterocycles. The van der Waals surface area contributed by atoms with Crippen LogP contribution in [0.5, 0.6) is 0 Å². The Balaban J connectivity index is 1.90. The van der Waals surface area contributed by atoms with Crippen molar-refractivity contribution in [2.45, 2.75) is 32.9 Å². The molecule has 1 saturated carbocycles. The third kappa shape index (κ3) is 2.10. The molecule has 0 spiro atoms. The molecule has 148 valence electrons. The molecule has 2 amide bonds. The normalized spacial score (nSPS) is 34.1. The molecule has 28 heavy (non-hydrogen) atoms. The number of imide groups is 1. The molecule has 0 N–H and O–H groups in total. The Hall–Kier alpha value is -2.71. The van der Waals surface area contributed by atoms with Gasteiger partial charge >= 0.3 is 6.18 Å². The molecule has 0 radical (unpaired) electrons. The standard InChI is InChI=1S/C19H17F3N2O4/c1-17-10-3-5-11(6-4-10)18(17,2)16(26)23(15(17)25)13-7-12(19(20,21)22)8-14(9-13)24(27)28/h3,5,7-11H,4,6H2,1-2H3. The molecule has 4 unspecified atom stereocenters. The molecular weight excluding hydrogens is 377 g/mol. The van der Waals surface area contributed by atoms with Crippen molar-refractivity contribution in [1.82, 2.24) is 0 Å². The summed E-state index contributed by atoms with van der Waals surface area (Å²) in [5.74, 6) is -1.62. The van der Waals surface area contributed by atoms with Crippen molar-refractivity contribution < 1.29 is 27.7 Å². The number of hydrogen-bond acceptors (Lipinski definition) is 4. The molecule has 6 nitrogen and oxygen atoms in total. The van der Waals surface area contributed by atoms with Crippen molar-refractivity contribution in [3.05, 3.63) is 46.0 Å². The first-order chi connectivity index (χ1) is 12.9. The van der Waals surface area contributed by atoms with Gasteiger partial charge in [0.05, 0.1) is 27.0 Å². The molecule has 1 aromatic carbocycles. The highest BCUT2D eigenvalue weighted by atomic mass is 19.4. The summed E-state index contributed by atoms with van der Waals surface area (Å²) >= 11 is 0. The molecule has 4 aliphatic rings. The predicted molar refractivity (Wildman–Crippen MR) is 92.2 cm³/mol. The Labute approximate surface area is 158 Å². The van der Waals surface area contributed by atoms with Crippen molar-refractivity contribution >= 4 is 23.2 Å². The van der Waals surface area contributed by atoms with Gasteiger partial charge in [-0.05, 0) is 44.6 Å². The Morgan fingerprint density at radius 2 is 1.54 bits per heavy atom. The van der Waals surface area contributed by atoms with Gasteiger partial charge in [-0.15, -0.1) is 0 Å². The van der Waals surface area contributed by atoms with Gasteiger partial charge in [0.15, 0.2) is 0 Å². The Bertz CT molecular complexity index is 919. The number of halogens is 3. The Kier molecular flexibility index (Phi) is 3.61. The molecule has 1 heterocycles. The highest BCUT2D eigenvalue weighted by Crippen LogP contribution is 2.65. The first kappa shape index (κ1) is 18.6. The number of hydrogen-bond donors (Lipinski definition) is 0. The highest BCUT2D eigenvalue weighted by molar-refractivity contribution is 6.25. The van der Waals surface area contributed by atoms with Gasteiger partial charge in [0.2, 0.25) is 11.8 Å². The second kappa shape index (κ2) is 5.42. The average Bonchev–Trinajstić information content (AvgIpc) is 2.81. The molecule has 0 aromatic heterocycles. The van der Waals surface area contributed by atoms with Crippen molar-refractivity contribution in [2.75, 3.05) is 4.90 Å². The van der Waals surface area contributed by atoms with Crippen molar-refractivity contribution in [1.29, 1.82) is 0 Å². The monoisotopic (exact) mass is 394 g/mol. The number of carbonyl (C=O) groups is 2. The van der Waals surface area contributed by atoms with Gasteiger partial charge in [-0.3, -0.25) is 19.7 Å². The van der Waals surface area contributed by atoms with Crippen LogP contribution < -0.4 is 4.90 Å². The lowest BCUT2D eigenvalue weighted by Gasteiger charge is -2.52.